The monoisotopic (exact) mass is 420 g/mol. The summed E-state index contributed by atoms with van der Waals surface area (Å²) < 4.78 is 0. The molecule has 0 aromatic heterocycles. The van der Waals surface area contributed by atoms with Gasteiger partial charge in [0.1, 0.15) is 0 Å². The highest BCUT2D eigenvalue weighted by Gasteiger charge is 2.09. The van der Waals surface area contributed by atoms with Gasteiger partial charge in [-0.2, -0.15) is 0 Å². The molecule has 0 saturated heterocycles. The van der Waals surface area contributed by atoms with Crippen molar-refractivity contribution in [1.82, 2.24) is 0 Å². The highest BCUT2D eigenvalue weighted by atomic mass is 14.1. The quantitative estimate of drug-likeness (QED) is 0.267. The number of hydrogen-bond donors (Lipinski definition) is 0. The molecule has 6 aromatic rings. The van der Waals surface area contributed by atoms with Crippen LogP contribution in [0.2, 0.25) is 0 Å². The second-order valence-corrected chi connectivity index (χ2v) is 8.66. The first kappa shape index (κ1) is 19.5. The third-order valence-corrected chi connectivity index (χ3v) is 6.62. The van der Waals surface area contributed by atoms with Crippen molar-refractivity contribution in [3.8, 4) is 33.4 Å². The fourth-order valence-corrected chi connectivity index (χ4v) is 4.94. The van der Waals surface area contributed by atoms with Crippen LogP contribution in [0, 0.1) is 6.92 Å². The maximum atomic E-state index is 2.32. The van der Waals surface area contributed by atoms with Crippen LogP contribution in [0.1, 0.15) is 5.56 Å². The predicted molar refractivity (Wildman–Crippen MR) is 142 cm³/mol. The van der Waals surface area contributed by atoms with E-state index in [-0.39, 0.29) is 0 Å². The number of fused-ring (bicyclic) bond motifs is 2. The number of rotatable bonds is 3. The van der Waals surface area contributed by atoms with Crippen molar-refractivity contribution in [2.75, 3.05) is 0 Å². The zero-order chi connectivity index (χ0) is 22.2. The molecule has 6 rings (SSSR count). The zero-order valence-corrected chi connectivity index (χ0v) is 18.6. The van der Waals surface area contributed by atoms with E-state index in [0.29, 0.717) is 0 Å². The minimum atomic E-state index is 1.25. The van der Waals surface area contributed by atoms with E-state index in [1.165, 1.54) is 60.5 Å². The zero-order valence-electron chi connectivity index (χ0n) is 18.6. The fourth-order valence-electron chi connectivity index (χ4n) is 4.94. The van der Waals surface area contributed by atoms with Gasteiger partial charge in [0.15, 0.2) is 0 Å². The summed E-state index contributed by atoms with van der Waals surface area (Å²) in [5.41, 5.74) is 8.90. The molecule has 156 valence electrons. The van der Waals surface area contributed by atoms with Gasteiger partial charge < -0.3 is 0 Å². The number of aryl methyl sites for hydroxylation is 1. The highest BCUT2D eigenvalue weighted by Crippen LogP contribution is 2.34. The van der Waals surface area contributed by atoms with Crippen LogP contribution in [0.4, 0.5) is 0 Å². The molecule has 0 heteroatoms. The van der Waals surface area contributed by atoms with E-state index in [1.807, 2.05) is 0 Å². The second-order valence-electron chi connectivity index (χ2n) is 8.66. The Morgan fingerprint density at radius 2 is 0.818 bits per heavy atom. The van der Waals surface area contributed by atoms with Crippen LogP contribution in [0.15, 0.2) is 127 Å². The van der Waals surface area contributed by atoms with Crippen molar-refractivity contribution < 1.29 is 0 Å². The molecule has 0 bridgehead atoms. The summed E-state index contributed by atoms with van der Waals surface area (Å²) in [5.74, 6) is 0. The Morgan fingerprint density at radius 1 is 0.364 bits per heavy atom. The van der Waals surface area contributed by atoms with Crippen molar-refractivity contribution in [1.29, 1.82) is 0 Å². The van der Waals surface area contributed by atoms with E-state index in [0.717, 1.165) is 0 Å². The molecule has 0 heterocycles. The Balaban J connectivity index is 1.37. The van der Waals surface area contributed by atoms with Crippen LogP contribution in [0.3, 0.4) is 0 Å². The van der Waals surface area contributed by atoms with Gasteiger partial charge in [0.2, 0.25) is 0 Å². The first-order valence-corrected chi connectivity index (χ1v) is 11.5. The minimum absolute atomic E-state index is 1.25. The summed E-state index contributed by atoms with van der Waals surface area (Å²) >= 11 is 0. The first-order chi connectivity index (χ1) is 16.3. The minimum Gasteiger partial charge on any atom is -0.0616 e. The summed E-state index contributed by atoms with van der Waals surface area (Å²) in [7, 11) is 0. The Morgan fingerprint density at radius 3 is 1.39 bits per heavy atom. The Kier molecular flexibility index (Phi) is 4.78. The van der Waals surface area contributed by atoms with Crippen molar-refractivity contribution in [3.05, 3.63) is 133 Å². The molecule has 0 aliphatic heterocycles. The molecule has 0 nitrogen and oxygen atoms in total. The van der Waals surface area contributed by atoms with Gasteiger partial charge in [-0.05, 0) is 67.4 Å². The van der Waals surface area contributed by atoms with Gasteiger partial charge in [0.25, 0.3) is 0 Å². The van der Waals surface area contributed by atoms with Crippen molar-refractivity contribution in [2.24, 2.45) is 0 Å². The topological polar surface area (TPSA) is 0 Å². The lowest BCUT2D eigenvalue weighted by Crippen LogP contribution is -1.88. The standard InChI is InChI=1S/C33H24/c1-23-22-28(33-15-7-11-25-9-3-5-13-31(25)33)20-21-29(23)26-16-18-27(19-17-26)32-14-6-10-24-8-2-4-12-30(24)32/h2-22H,1H3. The van der Waals surface area contributed by atoms with Gasteiger partial charge in [0, 0.05) is 0 Å². The molecular formula is C33H24. The van der Waals surface area contributed by atoms with Crippen LogP contribution >= 0.6 is 0 Å². The summed E-state index contributed by atoms with van der Waals surface area (Å²) in [6.07, 6.45) is 0. The third-order valence-electron chi connectivity index (χ3n) is 6.62. The van der Waals surface area contributed by atoms with E-state index in [1.54, 1.807) is 0 Å². The van der Waals surface area contributed by atoms with Crippen LogP contribution < -0.4 is 0 Å². The predicted octanol–water partition coefficient (Wildman–Crippen LogP) is 9.30. The highest BCUT2D eigenvalue weighted by molar-refractivity contribution is 5.98. The number of benzene rings is 6. The Bertz CT molecular complexity index is 1590. The van der Waals surface area contributed by atoms with E-state index in [2.05, 4.69) is 134 Å². The van der Waals surface area contributed by atoms with Crippen LogP contribution in [-0.4, -0.2) is 0 Å². The maximum absolute atomic E-state index is 2.32. The summed E-state index contributed by atoms with van der Waals surface area (Å²) in [5, 5.41) is 5.15. The molecule has 0 unspecified atom stereocenters. The van der Waals surface area contributed by atoms with Gasteiger partial charge in [-0.1, -0.05) is 127 Å². The van der Waals surface area contributed by atoms with Gasteiger partial charge in [-0.3, -0.25) is 0 Å². The van der Waals surface area contributed by atoms with E-state index < -0.39 is 0 Å². The molecule has 33 heavy (non-hydrogen) atoms. The maximum Gasteiger partial charge on any atom is -0.0105 e. The van der Waals surface area contributed by atoms with Crippen LogP contribution in [-0.2, 0) is 0 Å². The number of hydrogen-bond acceptors (Lipinski definition) is 0. The molecule has 0 N–H and O–H groups in total. The average molecular weight is 421 g/mol. The van der Waals surface area contributed by atoms with Crippen LogP contribution in [0.25, 0.3) is 54.9 Å². The summed E-state index contributed by atoms with van der Waals surface area (Å²) in [4.78, 5) is 0. The molecule has 0 aliphatic carbocycles. The summed E-state index contributed by atoms with van der Waals surface area (Å²) in [6, 6.07) is 46.1. The van der Waals surface area contributed by atoms with Gasteiger partial charge in [-0.25, -0.2) is 0 Å². The first-order valence-electron chi connectivity index (χ1n) is 11.5. The molecule has 0 atom stereocenters. The Labute approximate surface area is 194 Å². The van der Waals surface area contributed by atoms with Crippen molar-refractivity contribution in [3.63, 3.8) is 0 Å². The lowest BCUT2D eigenvalue weighted by molar-refractivity contribution is 1.45. The SMILES string of the molecule is Cc1cc(-c2cccc3ccccc23)ccc1-c1ccc(-c2cccc3ccccc23)cc1. The van der Waals surface area contributed by atoms with Gasteiger partial charge in [0.05, 0.1) is 0 Å². The smallest absolute Gasteiger partial charge is 0.0105 e. The lowest BCUT2D eigenvalue weighted by Gasteiger charge is -2.12. The third kappa shape index (κ3) is 3.50. The molecule has 0 radical (unpaired) electrons. The Hall–Kier alpha value is -4.16. The molecule has 6 aromatic carbocycles. The molecule has 0 spiro atoms. The van der Waals surface area contributed by atoms with Crippen molar-refractivity contribution in [2.45, 2.75) is 6.92 Å². The second kappa shape index (κ2) is 8.07. The van der Waals surface area contributed by atoms with Gasteiger partial charge >= 0.3 is 0 Å². The largest absolute Gasteiger partial charge is 0.0616 e. The van der Waals surface area contributed by atoms with E-state index in [4.69, 9.17) is 0 Å². The average Bonchev–Trinajstić information content (AvgIpc) is 2.88. The van der Waals surface area contributed by atoms with Gasteiger partial charge in [-0.15, -0.1) is 0 Å². The van der Waals surface area contributed by atoms with Crippen LogP contribution in [0.5, 0.6) is 0 Å². The molecule has 0 amide bonds. The normalized spacial score (nSPS) is 11.2. The van der Waals surface area contributed by atoms with E-state index >= 15 is 0 Å². The fraction of sp³-hybridized carbons (Fsp3) is 0.0303. The molecule has 0 saturated carbocycles. The lowest BCUT2D eigenvalue weighted by atomic mass is 9.92. The molecule has 0 fully saturated rings. The summed E-state index contributed by atoms with van der Waals surface area (Å²) in [6.45, 7) is 2.21. The molecule has 0 aliphatic rings. The van der Waals surface area contributed by atoms with Crippen molar-refractivity contribution >= 4 is 21.5 Å². The van der Waals surface area contributed by atoms with E-state index in [9.17, 15) is 0 Å². The molecular weight excluding hydrogens is 396 g/mol.